The second kappa shape index (κ2) is 15.7. The predicted octanol–water partition coefficient (Wildman–Crippen LogP) is 2.99. The maximum Gasteiger partial charge on any atom is 0.410 e. The van der Waals surface area contributed by atoms with Gasteiger partial charge in [-0.3, -0.25) is 9.69 Å². The zero-order chi connectivity index (χ0) is 37.3. The predicted molar refractivity (Wildman–Crippen MR) is 202 cm³/mol. The molecule has 5 aliphatic rings. The van der Waals surface area contributed by atoms with Crippen molar-refractivity contribution in [2.75, 3.05) is 95.6 Å². The summed E-state index contributed by atoms with van der Waals surface area (Å²) in [7, 11) is -1.16. The molecule has 2 aromatic carbocycles. The van der Waals surface area contributed by atoms with Crippen molar-refractivity contribution in [1.29, 1.82) is 0 Å². The number of hydrogen-bond acceptors (Lipinski definition) is 9. The van der Waals surface area contributed by atoms with Crippen LogP contribution in [0.4, 0.5) is 21.0 Å². The first-order valence-electron chi connectivity index (χ1n) is 19.0. The van der Waals surface area contributed by atoms with Crippen LogP contribution in [-0.2, 0) is 32.4 Å². The molecule has 3 fully saturated rings. The third kappa shape index (κ3) is 8.36. The summed E-state index contributed by atoms with van der Waals surface area (Å²) in [5, 5.41) is 3.05. The second-order valence-electron chi connectivity index (χ2n) is 15.1. The van der Waals surface area contributed by atoms with E-state index in [-0.39, 0.29) is 30.4 Å². The number of nitrogens with zero attached hydrogens (tertiary/aromatic N) is 6. The van der Waals surface area contributed by atoms with Gasteiger partial charge in [0.1, 0.15) is 12.4 Å². The average Bonchev–Trinajstić information content (AvgIpc) is 3.32. The molecule has 7 rings (SSSR count). The lowest BCUT2D eigenvalue weighted by molar-refractivity contribution is -0.142. The van der Waals surface area contributed by atoms with Crippen LogP contribution < -0.4 is 15.0 Å². The van der Waals surface area contributed by atoms with Crippen LogP contribution in [-0.4, -0.2) is 154 Å². The van der Waals surface area contributed by atoms with Crippen LogP contribution in [0.25, 0.3) is 0 Å². The fourth-order valence-corrected chi connectivity index (χ4v) is 9.51. The highest BCUT2D eigenvalue weighted by Gasteiger charge is 2.37. The molecule has 0 saturated carbocycles. The Hall–Kier alpha value is -4.08. The molecular formula is C38H53N7O7S. The van der Waals surface area contributed by atoms with Crippen molar-refractivity contribution in [2.45, 2.75) is 63.6 Å². The number of benzene rings is 2. The zero-order valence-electron chi connectivity index (χ0n) is 31.2. The maximum absolute atomic E-state index is 14.3. The Labute approximate surface area is 313 Å². The number of piperazine rings is 1. The van der Waals surface area contributed by atoms with Crippen LogP contribution in [0.3, 0.4) is 0 Å². The van der Waals surface area contributed by atoms with Crippen molar-refractivity contribution >= 4 is 39.4 Å². The summed E-state index contributed by atoms with van der Waals surface area (Å²) in [5.41, 5.74) is 4.90. The third-order valence-corrected chi connectivity index (χ3v) is 13.0. The van der Waals surface area contributed by atoms with Gasteiger partial charge in [0.2, 0.25) is 10.0 Å². The van der Waals surface area contributed by atoms with Gasteiger partial charge in [0, 0.05) is 90.1 Å². The molecule has 53 heavy (non-hydrogen) atoms. The Balaban J connectivity index is 0.998. The molecule has 0 aliphatic carbocycles. The summed E-state index contributed by atoms with van der Waals surface area (Å²) in [6.07, 6.45) is 3.51. The third-order valence-electron chi connectivity index (χ3n) is 11.7. The average molecular weight is 752 g/mol. The SMILES string of the molecule is Cc1cc(C[C@@H](OC(=O)N2CCC(N3CCc4ccccc4NC3=O)CC2)C(=O)N2CCC(N3CCN(S(C)(=O)=O)CC3)CC2)cc2c1N(C)CCO2. The van der Waals surface area contributed by atoms with Gasteiger partial charge in [-0.25, -0.2) is 18.0 Å². The zero-order valence-corrected chi connectivity index (χ0v) is 32.0. The van der Waals surface area contributed by atoms with E-state index in [0.29, 0.717) is 78.4 Å². The molecule has 3 saturated heterocycles. The van der Waals surface area contributed by atoms with E-state index in [0.717, 1.165) is 59.6 Å². The number of urea groups is 1. The van der Waals surface area contributed by atoms with Gasteiger partial charge in [0.15, 0.2) is 6.10 Å². The topological polar surface area (TPSA) is 135 Å². The number of nitrogens with one attached hydrogen (secondary N) is 1. The lowest BCUT2D eigenvalue weighted by atomic mass is 9.99. The number of fused-ring (bicyclic) bond motifs is 2. The van der Waals surface area contributed by atoms with Crippen LogP contribution in [0.5, 0.6) is 5.75 Å². The highest BCUT2D eigenvalue weighted by atomic mass is 32.2. The van der Waals surface area contributed by atoms with E-state index < -0.39 is 22.2 Å². The van der Waals surface area contributed by atoms with Gasteiger partial charge in [-0.15, -0.1) is 0 Å². The number of rotatable bonds is 7. The summed E-state index contributed by atoms with van der Waals surface area (Å²) in [5.74, 6) is 0.563. The summed E-state index contributed by atoms with van der Waals surface area (Å²) >= 11 is 0. The van der Waals surface area contributed by atoms with E-state index in [4.69, 9.17) is 9.47 Å². The summed E-state index contributed by atoms with van der Waals surface area (Å²) in [4.78, 5) is 51.1. The number of piperidine rings is 2. The number of aryl methyl sites for hydroxylation is 1. The standard InChI is InChI=1S/C38H53N7O7S/c1-27-24-28(25-33-35(27)40(2)22-23-51-33)26-34(36(46)42-13-9-30(10-14-42)41-18-20-44(21-19-41)53(3,49)50)52-38(48)43-15-11-31(12-16-43)45-17-8-29-6-4-5-7-32(29)39-37(45)47/h4-7,24-25,30-31,34H,8-23,26H2,1-3H3,(H,39,47)/t34-/m1/s1. The first-order chi connectivity index (χ1) is 25.4. The van der Waals surface area contributed by atoms with Gasteiger partial charge in [-0.2, -0.15) is 4.31 Å². The molecule has 0 unspecified atom stereocenters. The van der Waals surface area contributed by atoms with E-state index >= 15 is 0 Å². The second-order valence-corrected chi connectivity index (χ2v) is 17.1. The summed E-state index contributed by atoms with van der Waals surface area (Å²) in [6, 6.07) is 12.0. The first kappa shape index (κ1) is 37.2. The smallest absolute Gasteiger partial charge is 0.410 e. The normalized spacial score (nSPS) is 21.6. The number of anilines is 2. The number of carbonyl (C=O) groups is 3. The fourth-order valence-electron chi connectivity index (χ4n) is 8.68. The molecule has 5 heterocycles. The van der Waals surface area contributed by atoms with Gasteiger partial charge < -0.3 is 34.4 Å². The van der Waals surface area contributed by atoms with E-state index in [1.54, 1.807) is 4.90 Å². The number of amides is 4. The van der Waals surface area contributed by atoms with Crippen LogP contribution in [0.15, 0.2) is 36.4 Å². The van der Waals surface area contributed by atoms with Crippen LogP contribution in [0, 0.1) is 6.92 Å². The number of likely N-dealkylation sites (tertiary alicyclic amines) is 2. The molecule has 1 atom stereocenters. The monoisotopic (exact) mass is 751 g/mol. The van der Waals surface area contributed by atoms with Crippen molar-refractivity contribution in [3.63, 3.8) is 0 Å². The molecule has 288 valence electrons. The van der Waals surface area contributed by atoms with Crippen molar-refractivity contribution in [3.8, 4) is 5.75 Å². The Morgan fingerprint density at radius 2 is 1.58 bits per heavy atom. The lowest BCUT2D eigenvalue weighted by Crippen LogP contribution is -2.55. The quantitative estimate of drug-likeness (QED) is 0.453. The van der Waals surface area contributed by atoms with E-state index in [2.05, 4.69) is 21.2 Å². The maximum atomic E-state index is 14.3. The van der Waals surface area contributed by atoms with Crippen LogP contribution in [0.2, 0.25) is 0 Å². The van der Waals surface area contributed by atoms with Gasteiger partial charge in [0.25, 0.3) is 5.91 Å². The minimum Gasteiger partial charge on any atom is -0.490 e. The molecule has 15 heteroatoms. The molecule has 0 radical (unpaired) electrons. The van der Waals surface area contributed by atoms with Crippen molar-refractivity contribution in [1.82, 2.24) is 23.9 Å². The molecule has 0 aromatic heterocycles. The molecule has 1 N–H and O–H groups in total. The highest BCUT2D eigenvalue weighted by Crippen LogP contribution is 2.36. The van der Waals surface area contributed by atoms with Crippen molar-refractivity contribution < 1.29 is 32.3 Å². The lowest BCUT2D eigenvalue weighted by Gasteiger charge is -2.42. The molecule has 14 nitrogen and oxygen atoms in total. The van der Waals surface area contributed by atoms with Gasteiger partial charge in [-0.05, 0) is 67.9 Å². The van der Waals surface area contributed by atoms with Gasteiger partial charge >= 0.3 is 12.1 Å². The van der Waals surface area contributed by atoms with Crippen molar-refractivity contribution in [3.05, 3.63) is 53.1 Å². The molecule has 4 amide bonds. The number of carbonyl (C=O) groups excluding carboxylic acids is 3. The molecule has 0 spiro atoms. The van der Waals surface area contributed by atoms with E-state index in [9.17, 15) is 22.8 Å². The van der Waals surface area contributed by atoms with Crippen LogP contribution >= 0.6 is 0 Å². The Morgan fingerprint density at radius 3 is 2.30 bits per heavy atom. The Kier molecular flexibility index (Phi) is 11.0. The Morgan fingerprint density at radius 1 is 0.906 bits per heavy atom. The highest BCUT2D eigenvalue weighted by molar-refractivity contribution is 7.88. The molecule has 5 aliphatic heterocycles. The van der Waals surface area contributed by atoms with E-state index in [1.165, 1.54) is 10.6 Å². The number of ether oxygens (including phenoxy) is 2. The molecular weight excluding hydrogens is 699 g/mol. The minimum atomic E-state index is -3.20. The van der Waals surface area contributed by atoms with E-state index in [1.807, 2.05) is 54.1 Å². The number of hydrogen-bond donors (Lipinski definition) is 1. The number of para-hydroxylation sites is 1. The molecule has 0 bridgehead atoms. The summed E-state index contributed by atoms with van der Waals surface area (Å²) in [6.45, 7) is 8.25. The van der Waals surface area contributed by atoms with Gasteiger partial charge in [-0.1, -0.05) is 24.3 Å². The molecule has 2 aromatic rings. The van der Waals surface area contributed by atoms with Crippen molar-refractivity contribution in [2.24, 2.45) is 0 Å². The largest absolute Gasteiger partial charge is 0.490 e. The summed E-state index contributed by atoms with van der Waals surface area (Å²) < 4.78 is 37.7. The number of sulfonamides is 1. The van der Waals surface area contributed by atoms with Gasteiger partial charge in [0.05, 0.1) is 18.5 Å². The minimum absolute atomic E-state index is 0.00181. The fraction of sp³-hybridized carbons (Fsp3) is 0.605. The first-order valence-corrected chi connectivity index (χ1v) is 20.9. The number of likely N-dealkylation sites (N-methyl/N-ethyl adjacent to an activating group) is 1. The Bertz CT molecular complexity index is 1780. The van der Waals surface area contributed by atoms with Crippen LogP contribution in [0.1, 0.15) is 42.4 Å².